The number of fused-ring (bicyclic) bond motifs is 10. The summed E-state index contributed by atoms with van der Waals surface area (Å²) in [5, 5.41) is 9.06. The highest BCUT2D eigenvalue weighted by Gasteiger charge is 2.23. The lowest BCUT2D eigenvalue weighted by molar-refractivity contribution is 0.668. The van der Waals surface area contributed by atoms with Crippen LogP contribution in [0.15, 0.2) is 253 Å². The predicted octanol–water partition coefficient (Wildman–Crippen LogP) is 17.5. The predicted molar refractivity (Wildman–Crippen MR) is 300 cm³/mol. The van der Waals surface area contributed by atoms with Crippen molar-refractivity contribution in [2.24, 2.45) is 0 Å². The molecule has 0 amide bonds. The van der Waals surface area contributed by atoms with Crippen LogP contribution in [0.2, 0.25) is 0 Å². The number of hydrogen-bond acceptors (Lipinski definition) is 4. The molecule has 0 radical (unpaired) electrons. The van der Waals surface area contributed by atoms with Gasteiger partial charge in [-0.05, 0) is 82.1 Å². The van der Waals surface area contributed by atoms with Gasteiger partial charge in [0, 0.05) is 66.3 Å². The number of para-hydroxylation sites is 3. The van der Waals surface area contributed by atoms with Gasteiger partial charge in [0.25, 0.3) is 0 Å². The molecule has 6 nitrogen and oxygen atoms in total. The summed E-state index contributed by atoms with van der Waals surface area (Å²) < 4.78 is 11.7. The van der Waals surface area contributed by atoms with E-state index in [4.69, 9.17) is 19.4 Å². The van der Waals surface area contributed by atoms with E-state index < -0.39 is 0 Å². The van der Waals surface area contributed by atoms with Crippen molar-refractivity contribution >= 4 is 76.3 Å². The Morgan fingerprint density at radius 2 is 0.836 bits per heavy atom. The molecule has 0 saturated carbocycles. The van der Waals surface area contributed by atoms with Gasteiger partial charge in [-0.3, -0.25) is 0 Å². The summed E-state index contributed by atoms with van der Waals surface area (Å²) in [4.78, 5) is 15.9. The first kappa shape index (κ1) is 40.9. The molecule has 6 heteroatoms. The zero-order valence-electron chi connectivity index (χ0n) is 39.3. The molecule has 15 rings (SSSR count). The van der Waals surface area contributed by atoms with Crippen LogP contribution in [0, 0.1) is 0 Å². The number of furan rings is 1. The average molecular weight is 932 g/mol. The fourth-order valence-electron chi connectivity index (χ4n) is 11.2. The molecule has 4 heterocycles. The molecule has 73 heavy (non-hydrogen) atoms. The van der Waals surface area contributed by atoms with Crippen LogP contribution in [0.25, 0.3) is 144 Å². The van der Waals surface area contributed by atoms with Crippen LogP contribution in [0.4, 0.5) is 0 Å². The van der Waals surface area contributed by atoms with E-state index in [0.717, 1.165) is 94.1 Å². The summed E-state index contributed by atoms with van der Waals surface area (Å²) >= 11 is 0. The quantitative estimate of drug-likeness (QED) is 0.160. The van der Waals surface area contributed by atoms with Gasteiger partial charge >= 0.3 is 0 Å². The van der Waals surface area contributed by atoms with Gasteiger partial charge in [-0.1, -0.05) is 188 Å². The molecule has 0 aliphatic carbocycles. The Balaban J connectivity index is 0.975. The van der Waals surface area contributed by atoms with Gasteiger partial charge in [0.15, 0.2) is 17.5 Å². The van der Waals surface area contributed by atoms with Crippen LogP contribution in [0.5, 0.6) is 0 Å². The molecular formula is C67H41N5O. The Morgan fingerprint density at radius 3 is 1.59 bits per heavy atom. The lowest BCUT2D eigenvalue weighted by Gasteiger charge is -2.15. The second-order valence-corrected chi connectivity index (χ2v) is 18.8. The van der Waals surface area contributed by atoms with Gasteiger partial charge in [0.1, 0.15) is 11.2 Å². The smallest absolute Gasteiger partial charge is 0.164 e. The van der Waals surface area contributed by atoms with E-state index in [1.807, 2.05) is 24.3 Å². The summed E-state index contributed by atoms with van der Waals surface area (Å²) in [5.74, 6) is 1.74. The van der Waals surface area contributed by atoms with Crippen molar-refractivity contribution in [3.05, 3.63) is 249 Å². The van der Waals surface area contributed by atoms with Gasteiger partial charge in [-0.15, -0.1) is 0 Å². The molecule has 0 unspecified atom stereocenters. The first-order chi connectivity index (χ1) is 36.2. The third-order valence-electron chi connectivity index (χ3n) is 14.6. The van der Waals surface area contributed by atoms with Crippen molar-refractivity contribution in [2.45, 2.75) is 0 Å². The molecule has 0 spiro atoms. The van der Waals surface area contributed by atoms with Crippen molar-refractivity contribution in [3.8, 4) is 67.8 Å². The molecule has 340 valence electrons. The van der Waals surface area contributed by atoms with Crippen LogP contribution >= 0.6 is 0 Å². The number of benzene rings is 11. The van der Waals surface area contributed by atoms with E-state index in [2.05, 4.69) is 234 Å². The van der Waals surface area contributed by atoms with E-state index in [1.54, 1.807) is 0 Å². The topological polar surface area (TPSA) is 61.7 Å². The molecule has 4 aromatic heterocycles. The fraction of sp³-hybridized carbons (Fsp3) is 0. The lowest BCUT2D eigenvalue weighted by Crippen LogP contribution is -2.01. The number of nitrogens with zero attached hydrogens (tertiary/aromatic N) is 5. The highest BCUT2D eigenvalue weighted by Crippen LogP contribution is 2.44. The molecule has 0 saturated heterocycles. The highest BCUT2D eigenvalue weighted by molar-refractivity contribution is 6.17. The van der Waals surface area contributed by atoms with E-state index in [9.17, 15) is 0 Å². The summed E-state index contributed by atoms with van der Waals surface area (Å²) in [6, 6.07) is 88.1. The molecule has 0 bridgehead atoms. The molecule has 0 aliphatic rings. The summed E-state index contributed by atoms with van der Waals surface area (Å²) in [7, 11) is 0. The van der Waals surface area contributed by atoms with Crippen molar-refractivity contribution in [1.82, 2.24) is 24.1 Å². The standard InChI is InChI=1S/C67H41N5O/c1-4-17-42(18-5-1)43-31-33-44(34-32-43)54-40-56-63(41-61(54)72-58-29-15-13-26-51(58)55-37-46-21-10-11-22-47(46)38-60(55)72)73-62-30-16-27-53(64(56)62)67-69-65(45-19-6-2-7-20-45)68-66(70-67)48-35-36-52-50-25-12-14-28-57(50)71(59(52)39-48)49-23-8-3-9-24-49/h1-41H. The number of rotatable bonds is 7. The van der Waals surface area contributed by atoms with Crippen LogP contribution in [0.3, 0.4) is 0 Å². The van der Waals surface area contributed by atoms with Crippen LogP contribution in [-0.2, 0) is 0 Å². The van der Waals surface area contributed by atoms with Crippen LogP contribution < -0.4 is 0 Å². The molecule has 0 fully saturated rings. The Morgan fingerprint density at radius 1 is 0.288 bits per heavy atom. The molecule has 0 atom stereocenters. The van der Waals surface area contributed by atoms with Gasteiger partial charge in [-0.2, -0.15) is 0 Å². The zero-order valence-corrected chi connectivity index (χ0v) is 39.3. The lowest BCUT2D eigenvalue weighted by atomic mass is 9.96. The molecule has 11 aromatic carbocycles. The molecule has 0 N–H and O–H groups in total. The Hall–Kier alpha value is -9.91. The van der Waals surface area contributed by atoms with E-state index in [-0.39, 0.29) is 0 Å². The average Bonchev–Trinajstić information content (AvgIpc) is 4.11. The van der Waals surface area contributed by atoms with Crippen molar-refractivity contribution in [3.63, 3.8) is 0 Å². The van der Waals surface area contributed by atoms with Gasteiger partial charge in [0.2, 0.25) is 0 Å². The minimum atomic E-state index is 0.563. The third kappa shape index (κ3) is 6.62. The second kappa shape index (κ2) is 16.3. The SMILES string of the molecule is c1ccc(-c2ccc(-c3cc4c(cc3-n3c5ccccc5c5cc6ccccc6cc53)oc3cccc(-c5nc(-c6ccccc6)nc(-c6ccc7c8ccccc8n(-c8ccccc8)c7c6)n5)c34)cc2)cc1. The summed E-state index contributed by atoms with van der Waals surface area (Å²) in [5.41, 5.74) is 15.3. The highest BCUT2D eigenvalue weighted by atomic mass is 16.3. The number of hydrogen-bond donors (Lipinski definition) is 0. The first-order valence-electron chi connectivity index (χ1n) is 24.7. The van der Waals surface area contributed by atoms with Crippen LogP contribution in [0.1, 0.15) is 0 Å². The Kier molecular flexibility index (Phi) is 9.16. The fourth-order valence-corrected chi connectivity index (χ4v) is 11.2. The Bertz CT molecular complexity index is 4650. The normalized spacial score (nSPS) is 11.8. The van der Waals surface area contributed by atoms with E-state index >= 15 is 0 Å². The van der Waals surface area contributed by atoms with Gasteiger partial charge in [-0.25, -0.2) is 15.0 Å². The maximum atomic E-state index is 6.99. The second-order valence-electron chi connectivity index (χ2n) is 18.8. The minimum Gasteiger partial charge on any atom is -0.456 e. The molecular weight excluding hydrogens is 891 g/mol. The minimum absolute atomic E-state index is 0.563. The van der Waals surface area contributed by atoms with E-state index in [1.165, 1.54) is 32.5 Å². The monoisotopic (exact) mass is 931 g/mol. The van der Waals surface area contributed by atoms with Gasteiger partial charge in [0.05, 0.1) is 27.8 Å². The largest absolute Gasteiger partial charge is 0.456 e. The summed E-state index contributed by atoms with van der Waals surface area (Å²) in [6.07, 6.45) is 0. The van der Waals surface area contributed by atoms with Crippen molar-refractivity contribution in [2.75, 3.05) is 0 Å². The first-order valence-corrected chi connectivity index (χ1v) is 24.7. The third-order valence-corrected chi connectivity index (χ3v) is 14.6. The van der Waals surface area contributed by atoms with Crippen molar-refractivity contribution < 1.29 is 4.42 Å². The number of aromatic nitrogens is 5. The van der Waals surface area contributed by atoms with Gasteiger partial charge < -0.3 is 13.6 Å². The van der Waals surface area contributed by atoms with E-state index in [0.29, 0.717) is 17.5 Å². The molecule has 15 aromatic rings. The zero-order chi connectivity index (χ0) is 48.0. The molecule has 0 aliphatic heterocycles. The maximum Gasteiger partial charge on any atom is 0.164 e. The van der Waals surface area contributed by atoms with Crippen LogP contribution in [-0.4, -0.2) is 24.1 Å². The summed E-state index contributed by atoms with van der Waals surface area (Å²) in [6.45, 7) is 0. The van der Waals surface area contributed by atoms with Crippen molar-refractivity contribution in [1.29, 1.82) is 0 Å². The Labute approximate surface area is 419 Å². The maximum absolute atomic E-state index is 6.99.